The van der Waals surface area contributed by atoms with Crippen molar-refractivity contribution in [3.8, 4) is 5.75 Å². The van der Waals surface area contributed by atoms with Crippen LogP contribution in [0.15, 0.2) is 47.3 Å². The molecular formula is C34H45BrN10O3S. The summed E-state index contributed by atoms with van der Waals surface area (Å²) in [6.07, 6.45) is 9.14. The molecule has 2 aromatic carbocycles. The van der Waals surface area contributed by atoms with Gasteiger partial charge in [0.2, 0.25) is 16.0 Å². The minimum atomic E-state index is -3.62. The van der Waals surface area contributed by atoms with Crippen molar-refractivity contribution in [2.45, 2.75) is 39.2 Å². The first-order valence-corrected chi connectivity index (χ1v) is 19.4. The monoisotopic (exact) mass is 752 g/mol. The topological polar surface area (TPSA) is 132 Å². The van der Waals surface area contributed by atoms with Crippen molar-refractivity contribution in [2.75, 3.05) is 86.1 Å². The molecule has 49 heavy (non-hydrogen) atoms. The number of benzene rings is 2. The van der Waals surface area contributed by atoms with Crippen LogP contribution in [0.25, 0.3) is 11.0 Å². The number of hydrogen-bond acceptors (Lipinski definition) is 12. The van der Waals surface area contributed by atoms with Gasteiger partial charge in [-0.1, -0.05) is 6.92 Å². The van der Waals surface area contributed by atoms with E-state index in [0.717, 1.165) is 64.2 Å². The highest BCUT2D eigenvalue weighted by molar-refractivity contribution is 9.10. The molecule has 15 heteroatoms. The number of methoxy groups -OCH3 is 1. The number of ether oxygens (including phenoxy) is 1. The van der Waals surface area contributed by atoms with Gasteiger partial charge in [0, 0.05) is 82.2 Å². The Labute approximate surface area is 297 Å². The first-order chi connectivity index (χ1) is 23.6. The number of piperazine rings is 1. The zero-order valence-corrected chi connectivity index (χ0v) is 31.2. The first kappa shape index (κ1) is 35.1. The Balaban J connectivity index is 1.25. The van der Waals surface area contributed by atoms with Crippen molar-refractivity contribution in [3.63, 3.8) is 0 Å². The van der Waals surface area contributed by atoms with Crippen LogP contribution in [0.1, 0.15) is 32.3 Å². The number of anilines is 6. The van der Waals surface area contributed by atoms with Gasteiger partial charge >= 0.3 is 0 Å². The van der Waals surface area contributed by atoms with Gasteiger partial charge in [-0.25, -0.2) is 13.4 Å². The van der Waals surface area contributed by atoms with Gasteiger partial charge in [0.1, 0.15) is 22.8 Å². The van der Waals surface area contributed by atoms with Crippen LogP contribution in [0.4, 0.5) is 34.5 Å². The van der Waals surface area contributed by atoms with Crippen molar-refractivity contribution in [1.82, 2.24) is 29.7 Å². The third-order valence-corrected chi connectivity index (χ3v) is 11.3. The Kier molecular flexibility index (Phi) is 10.7. The summed E-state index contributed by atoms with van der Waals surface area (Å²) in [4.78, 5) is 25.7. The lowest BCUT2D eigenvalue weighted by molar-refractivity contribution is 0.0982. The average Bonchev–Trinajstić information content (AvgIpc) is 3.10. The molecule has 2 fully saturated rings. The van der Waals surface area contributed by atoms with Gasteiger partial charge < -0.3 is 25.2 Å². The zero-order valence-electron chi connectivity index (χ0n) is 28.8. The predicted octanol–water partition coefficient (Wildman–Crippen LogP) is 5.24. The van der Waals surface area contributed by atoms with Crippen molar-refractivity contribution in [3.05, 3.63) is 52.9 Å². The first-order valence-electron chi connectivity index (χ1n) is 16.8. The number of hydrogen-bond donors (Lipinski definition) is 2. The van der Waals surface area contributed by atoms with E-state index in [1.807, 2.05) is 0 Å². The third kappa shape index (κ3) is 7.69. The standard InChI is InChI=1S/C34H45BrN10O3S/c1-6-23-20-28(30(48-4)21-29(23)44-14-10-24(11-15-44)43-18-16-42(3)17-19-43)40-34-38-22-25(35)33(41-34)39-27-9-8-26-31(37-13-12-36-26)32(27)45(7-2)49(5,46)47/h8-9,12-13,20-22,24H,6-7,10-11,14-19H2,1-5H3,(H2,38,39,40,41). The lowest BCUT2D eigenvalue weighted by Gasteiger charge is -2.43. The van der Waals surface area contributed by atoms with Crippen LogP contribution >= 0.6 is 15.9 Å². The highest BCUT2D eigenvalue weighted by Gasteiger charge is 2.28. The predicted molar refractivity (Wildman–Crippen MR) is 200 cm³/mol. The number of nitrogens with zero attached hydrogens (tertiary/aromatic N) is 8. The number of sulfonamides is 1. The van der Waals surface area contributed by atoms with Crippen molar-refractivity contribution < 1.29 is 13.2 Å². The molecule has 13 nitrogen and oxygen atoms in total. The van der Waals surface area contributed by atoms with Crippen LogP contribution in [0.2, 0.25) is 0 Å². The summed E-state index contributed by atoms with van der Waals surface area (Å²) in [6.45, 7) is 10.8. The van der Waals surface area contributed by atoms with E-state index in [-0.39, 0.29) is 6.54 Å². The second-order valence-electron chi connectivity index (χ2n) is 12.5. The molecule has 0 radical (unpaired) electrons. The molecule has 0 unspecified atom stereocenters. The minimum absolute atomic E-state index is 0.213. The molecule has 0 spiro atoms. The van der Waals surface area contributed by atoms with Crippen LogP contribution in [-0.4, -0.2) is 110 Å². The molecule has 262 valence electrons. The zero-order chi connectivity index (χ0) is 34.7. The van der Waals surface area contributed by atoms with E-state index >= 15 is 0 Å². The Morgan fingerprint density at radius 1 is 0.980 bits per heavy atom. The van der Waals surface area contributed by atoms with Gasteiger partial charge in [-0.05, 0) is 72.9 Å². The van der Waals surface area contributed by atoms with Gasteiger partial charge in [-0.15, -0.1) is 0 Å². The van der Waals surface area contributed by atoms with E-state index < -0.39 is 10.0 Å². The average molecular weight is 754 g/mol. The van der Waals surface area contributed by atoms with Crippen LogP contribution in [0.5, 0.6) is 5.75 Å². The molecule has 0 saturated carbocycles. The molecule has 2 aliphatic heterocycles. The smallest absolute Gasteiger partial charge is 0.232 e. The molecule has 0 aliphatic carbocycles. The number of halogens is 1. The lowest BCUT2D eigenvalue weighted by atomic mass is 9.99. The SMILES string of the molecule is CCc1cc(Nc2ncc(Br)c(Nc3ccc4nccnc4c3N(CC)S(C)(=O)=O)n2)c(OC)cc1N1CCC(N2CCN(C)CC2)CC1. The molecule has 0 bridgehead atoms. The van der Waals surface area contributed by atoms with Crippen molar-refractivity contribution >= 4 is 71.5 Å². The van der Waals surface area contributed by atoms with E-state index in [2.05, 4.69) is 82.3 Å². The summed E-state index contributed by atoms with van der Waals surface area (Å²) in [7, 11) is 0.262. The molecular weight excluding hydrogens is 708 g/mol. The van der Waals surface area contributed by atoms with Crippen LogP contribution in [-0.2, 0) is 16.4 Å². The highest BCUT2D eigenvalue weighted by atomic mass is 79.9. The van der Waals surface area contributed by atoms with Gasteiger partial charge in [-0.2, -0.15) is 4.98 Å². The summed E-state index contributed by atoms with van der Waals surface area (Å²) < 4.78 is 33.5. The molecule has 2 N–H and O–H groups in total. The summed E-state index contributed by atoms with van der Waals surface area (Å²) >= 11 is 3.57. The quantitative estimate of drug-likeness (QED) is 0.208. The Bertz CT molecular complexity index is 1900. The van der Waals surface area contributed by atoms with Crippen LogP contribution in [0.3, 0.4) is 0 Å². The van der Waals surface area contributed by atoms with Gasteiger partial charge in [0.15, 0.2) is 0 Å². The number of aryl methyl sites for hydroxylation is 1. The molecule has 0 amide bonds. The molecule has 4 heterocycles. The maximum Gasteiger partial charge on any atom is 0.232 e. The fourth-order valence-corrected chi connectivity index (χ4v) is 8.09. The van der Waals surface area contributed by atoms with Gasteiger partial charge in [-0.3, -0.25) is 19.2 Å². The number of piperidine rings is 1. The summed E-state index contributed by atoms with van der Waals surface area (Å²) in [6, 6.07) is 8.48. The maximum absolute atomic E-state index is 12.8. The Hall–Kier alpha value is -3.79. The third-order valence-electron chi connectivity index (χ3n) is 9.44. The van der Waals surface area contributed by atoms with Crippen LogP contribution < -0.4 is 24.6 Å². The number of likely N-dealkylation sites (N-methyl/N-ethyl adjacent to an activating group) is 1. The van der Waals surface area contributed by atoms with E-state index in [9.17, 15) is 8.42 Å². The molecule has 6 rings (SSSR count). The van der Waals surface area contributed by atoms with Gasteiger partial charge in [0.25, 0.3) is 0 Å². The normalized spacial score (nSPS) is 16.6. The fourth-order valence-electron chi connectivity index (χ4n) is 6.81. The maximum atomic E-state index is 12.8. The minimum Gasteiger partial charge on any atom is -0.494 e. The number of rotatable bonds is 11. The number of fused-ring (bicyclic) bond motifs is 1. The van der Waals surface area contributed by atoms with Gasteiger partial charge in [0.05, 0.1) is 34.7 Å². The molecule has 2 saturated heterocycles. The lowest BCUT2D eigenvalue weighted by Crippen LogP contribution is -2.52. The molecule has 2 aliphatic rings. The highest BCUT2D eigenvalue weighted by Crippen LogP contribution is 2.39. The van der Waals surface area contributed by atoms with E-state index in [1.54, 1.807) is 44.8 Å². The largest absolute Gasteiger partial charge is 0.494 e. The Morgan fingerprint density at radius 3 is 2.39 bits per heavy atom. The Morgan fingerprint density at radius 2 is 1.71 bits per heavy atom. The summed E-state index contributed by atoms with van der Waals surface area (Å²) in [5.41, 5.74) is 5.14. The summed E-state index contributed by atoms with van der Waals surface area (Å²) in [5, 5.41) is 6.69. The van der Waals surface area contributed by atoms with E-state index in [1.165, 1.54) is 21.8 Å². The second-order valence-corrected chi connectivity index (χ2v) is 15.3. The number of nitrogens with one attached hydrogen (secondary N) is 2. The molecule has 2 aromatic heterocycles. The van der Waals surface area contributed by atoms with Crippen molar-refractivity contribution in [1.29, 1.82) is 0 Å². The fraction of sp³-hybridized carbons (Fsp3) is 0.471. The molecule has 0 atom stereocenters. The molecule has 4 aromatic rings. The van der Waals surface area contributed by atoms with E-state index in [0.29, 0.717) is 50.4 Å². The second kappa shape index (κ2) is 15.0. The number of aromatic nitrogens is 4. The van der Waals surface area contributed by atoms with Crippen molar-refractivity contribution in [2.24, 2.45) is 0 Å². The van der Waals surface area contributed by atoms with Crippen LogP contribution in [0, 0.1) is 0 Å². The van der Waals surface area contributed by atoms with E-state index in [4.69, 9.17) is 9.72 Å². The summed E-state index contributed by atoms with van der Waals surface area (Å²) in [5.74, 6) is 1.50.